The molecule has 0 radical (unpaired) electrons. The van der Waals surface area contributed by atoms with Crippen LogP contribution in [0.15, 0.2) is 91.3 Å². The van der Waals surface area contributed by atoms with Crippen LogP contribution in [0.25, 0.3) is 44.1 Å². The first-order valence-corrected chi connectivity index (χ1v) is 9.21. The second-order valence-electron chi connectivity index (χ2n) is 6.70. The van der Waals surface area contributed by atoms with Crippen molar-refractivity contribution in [2.45, 2.75) is 0 Å². The molecule has 0 spiro atoms. The van der Waals surface area contributed by atoms with E-state index in [4.69, 9.17) is 4.74 Å². The maximum absolute atomic E-state index is 5.24. The van der Waals surface area contributed by atoms with E-state index >= 15 is 0 Å². The largest absolute Gasteiger partial charge is 0.497 e. The van der Waals surface area contributed by atoms with E-state index in [9.17, 15) is 0 Å². The quantitative estimate of drug-likeness (QED) is 0.362. The number of fused-ring (bicyclic) bond motifs is 3. The van der Waals surface area contributed by atoms with Gasteiger partial charge in [-0.2, -0.15) is 0 Å². The van der Waals surface area contributed by atoms with Crippen LogP contribution in [0, 0.1) is 0 Å². The highest BCUT2D eigenvalue weighted by atomic mass is 16.5. The van der Waals surface area contributed by atoms with Crippen molar-refractivity contribution in [3.05, 3.63) is 91.3 Å². The molecule has 0 aliphatic carbocycles. The summed E-state index contributed by atoms with van der Waals surface area (Å²) in [6, 6.07) is 27.1. The molecule has 3 aromatic carbocycles. The van der Waals surface area contributed by atoms with Crippen LogP contribution in [0.2, 0.25) is 0 Å². The lowest BCUT2D eigenvalue weighted by molar-refractivity contribution is 0.415. The summed E-state index contributed by atoms with van der Waals surface area (Å²) in [6.45, 7) is 0. The summed E-state index contributed by atoms with van der Waals surface area (Å²) in [5.41, 5.74) is 6.56. The molecule has 3 nitrogen and oxygen atoms in total. The first-order chi connectivity index (χ1) is 13.8. The molecule has 0 amide bonds. The van der Waals surface area contributed by atoms with E-state index in [1.807, 2.05) is 30.6 Å². The van der Waals surface area contributed by atoms with Crippen LogP contribution in [0.5, 0.6) is 5.75 Å². The van der Waals surface area contributed by atoms with Crippen LogP contribution in [-0.2, 0) is 0 Å². The van der Waals surface area contributed by atoms with Gasteiger partial charge in [0.25, 0.3) is 0 Å². The number of aromatic nitrogens is 2. The van der Waals surface area contributed by atoms with Crippen LogP contribution in [0.1, 0.15) is 0 Å². The van der Waals surface area contributed by atoms with Gasteiger partial charge in [0, 0.05) is 23.2 Å². The van der Waals surface area contributed by atoms with Gasteiger partial charge in [0.1, 0.15) is 5.75 Å². The molecule has 0 aliphatic heterocycles. The minimum Gasteiger partial charge on any atom is -0.497 e. The molecule has 134 valence electrons. The molecule has 0 atom stereocenters. The second kappa shape index (κ2) is 6.78. The van der Waals surface area contributed by atoms with Crippen molar-refractivity contribution < 1.29 is 4.74 Å². The van der Waals surface area contributed by atoms with E-state index in [1.54, 1.807) is 7.11 Å². The van der Waals surface area contributed by atoms with Gasteiger partial charge in [-0.1, -0.05) is 54.6 Å². The molecular weight excluding hydrogens is 344 g/mol. The van der Waals surface area contributed by atoms with E-state index in [0.717, 1.165) is 27.6 Å². The molecule has 0 aliphatic rings. The van der Waals surface area contributed by atoms with Crippen molar-refractivity contribution in [2.75, 3.05) is 7.11 Å². The highest BCUT2D eigenvalue weighted by Crippen LogP contribution is 2.32. The highest BCUT2D eigenvalue weighted by molar-refractivity contribution is 6.07. The van der Waals surface area contributed by atoms with Crippen molar-refractivity contribution in [1.29, 1.82) is 0 Å². The molecule has 28 heavy (non-hydrogen) atoms. The third-order valence-corrected chi connectivity index (χ3v) is 5.10. The van der Waals surface area contributed by atoms with Gasteiger partial charge in [0.2, 0.25) is 0 Å². The Morgan fingerprint density at radius 2 is 1.29 bits per heavy atom. The zero-order valence-corrected chi connectivity index (χ0v) is 15.5. The molecule has 0 saturated carbocycles. The van der Waals surface area contributed by atoms with Crippen molar-refractivity contribution in [3.63, 3.8) is 0 Å². The predicted molar refractivity (Wildman–Crippen MR) is 114 cm³/mol. The molecule has 5 rings (SSSR count). The van der Waals surface area contributed by atoms with Crippen LogP contribution in [-0.4, -0.2) is 17.1 Å². The molecule has 0 unspecified atom stereocenters. The van der Waals surface area contributed by atoms with E-state index < -0.39 is 0 Å². The van der Waals surface area contributed by atoms with Crippen molar-refractivity contribution >= 4 is 21.8 Å². The molecule has 3 heteroatoms. The van der Waals surface area contributed by atoms with Gasteiger partial charge in [0.05, 0.1) is 18.1 Å². The van der Waals surface area contributed by atoms with Gasteiger partial charge in [0.15, 0.2) is 0 Å². The zero-order chi connectivity index (χ0) is 18.9. The summed E-state index contributed by atoms with van der Waals surface area (Å²) in [6.07, 6.45) is 3.68. The lowest BCUT2D eigenvalue weighted by Crippen LogP contribution is -1.88. The Bertz CT molecular complexity index is 1280. The number of rotatable bonds is 3. The van der Waals surface area contributed by atoms with Gasteiger partial charge < -0.3 is 4.74 Å². The zero-order valence-electron chi connectivity index (χ0n) is 15.5. The summed E-state index contributed by atoms with van der Waals surface area (Å²) < 4.78 is 5.24. The Morgan fingerprint density at radius 1 is 0.607 bits per heavy atom. The lowest BCUT2D eigenvalue weighted by Gasteiger charge is -2.09. The Hall–Kier alpha value is -3.72. The fourth-order valence-corrected chi connectivity index (χ4v) is 3.63. The molecule has 2 heterocycles. The highest BCUT2D eigenvalue weighted by Gasteiger charge is 2.09. The number of benzene rings is 3. The predicted octanol–water partition coefficient (Wildman–Crippen LogP) is 6.13. The topological polar surface area (TPSA) is 35.0 Å². The standard InChI is InChI=1S/C25H18N2O/c1-28-21-11-8-18(9-12-21)17-4-6-19(7-5-17)22-14-16-27-25-23(22)13-10-20-3-2-15-26-24(20)25/h2-16H,1H3. The third-order valence-electron chi connectivity index (χ3n) is 5.10. The van der Waals surface area contributed by atoms with Gasteiger partial charge in [-0.05, 0) is 46.5 Å². The van der Waals surface area contributed by atoms with Crippen molar-refractivity contribution in [3.8, 4) is 28.0 Å². The number of hydrogen-bond donors (Lipinski definition) is 0. The number of nitrogens with zero attached hydrogens (tertiary/aromatic N) is 2. The van der Waals surface area contributed by atoms with Gasteiger partial charge in [-0.3, -0.25) is 9.97 Å². The average molecular weight is 362 g/mol. The van der Waals surface area contributed by atoms with Gasteiger partial charge in [-0.15, -0.1) is 0 Å². The Morgan fingerprint density at radius 3 is 2.04 bits per heavy atom. The van der Waals surface area contributed by atoms with E-state index in [2.05, 4.69) is 70.6 Å². The monoisotopic (exact) mass is 362 g/mol. The number of ether oxygens (including phenoxy) is 1. The SMILES string of the molecule is COc1ccc(-c2ccc(-c3ccnc4c3ccc3cccnc34)cc2)cc1. The molecule has 2 aromatic heterocycles. The maximum Gasteiger partial charge on any atom is 0.118 e. The fraction of sp³-hybridized carbons (Fsp3) is 0.0400. The van der Waals surface area contributed by atoms with Gasteiger partial charge >= 0.3 is 0 Å². The number of pyridine rings is 2. The van der Waals surface area contributed by atoms with E-state index in [0.29, 0.717) is 0 Å². The van der Waals surface area contributed by atoms with Crippen molar-refractivity contribution in [2.24, 2.45) is 0 Å². The summed E-state index contributed by atoms with van der Waals surface area (Å²) in [5, 5.41) is 2.22. The maximum atomic E-state index is 5.24. The third kappa shape index (κ3) is 2.78. The Kier molecular flexibility index (Phi) is 3.99. The summed E-state index contributed by atoms with van der Waals surface area (Å²) in [5.74, 6) is 0.865. The average Bonchev–Trinajstić information content (AvgIpc) is 2.79. The smallest absolute Gasteiger partial charge is 0.118 e. The number of methoxy groups -OCH3 is 1. The van der Waals surface area contributed by atoms with Crippen LogP contribution < -0.4 is 4.74 Å². The van der Waals surface area contributed by atoms with Crippen molar-refractivity contribution in [1.82, 2.24) is 9.97 Å². The number of hydrogen-bond acceptors (Lipinski definition) is 3. The van der Waals surface area contributed by atoms with Crippen LogP contribution in [0.4, 0.5) is 0 Å². The Balaban J connectivity index is 1.59. The van der Waals surface area contributed by atoms with Crippen LogP contribution >= 0.6 is 0 Å². The lowest BCUT2D eigenvalue weighted by atomic mass is 9.97. The molecule has 0 bridgehead atoms. The Labute approximate surface area is 163 Å². The minimum absolute atomic E-state index is 0.865. The van der Waals surface area contributed by atoms with Crippen LogP contribution in [0.3, 0.4) is 0 Å². The minimum atomic E-state index is 0.865. The molecule has 0 saturated heterocycles. The summed E-state index contributed by atoms with van der Waals surface area (Å²) >= 11 is 0. The van der Waals surface area contributed by atoms with Gasteiger partial charge in [-0.25, -0.2) is 0 Å². The first kappa shape index (κ1) is 16.5. The van der Waals surface area contributed by atoms with E-state index in [1.165, 1.54) is 22.3 Å². The normalized spacial score (nSPS) is 11.0. The van der Waals surface area contributed by atoms with E-state index in [-0.39, 0.29) is 0 Å². The summed E-state index contributed by atoms with van der Waals surface area (Å²) in [4.78, 5) is 9.14. The fourth-order valence-electron chi connectivity index (χ4n) is 3.63. The second-order valence-corrected chi connectivity index (χ2v) is 6.70. The molecule has 5 aromatic rings. The molecule has 0 fully saturated rings. The summed E-state index contributed by atoms with van der Waals surface area (Å²) in [7, 11) is 1.68. The first-order valence-electron chi connectivity index (χ1n) is 9.21. The molecular formula is C25H18N2O. The molecule has 0 N–H and O–H groups in total.